The lowest BCUT2D eigenvalue weighted by Gasteiger charge is -2.10. The second-order valence-electron chi connectivity index (χ2n) is 2.86. The molecule has 0 spiro atoms. The maximum absolute atomic E-state index is 10.8. The third-order valence-electron chi connectivity index (χ3n) is 0.978. The molecule has 0 aliphatic carbocycles. The van der Waals surface area contributed by atoms with Gasteiger partial charge in [0.15, 0.2) is 0 Å². The largest absolute Gasteiger partial charge is 0.392 e. The lowest BCUT2D eigenvalue weighted by molar-refractivity contribution is 0.187. The van der Waals surface area contributed by atoms with Gasteiger partial charge in [-0.25, -0.2) is 4.79 Å². The van der Waals surface area contributed by atoms with Crippen molar-refractivity contribution in [3.8, 4) is 0 Å². The van der Waals surface area contributed by atoms with Crippen LogP contribution in [0.25, 0.3) is 0 Å². The predicted molar refractivity (Wildman–Crippen MR) is 43.4 cm³/mol. The highest BCUT2D eigenvalue weighted by molar-refractivity contribution is 5.74. The highest BCUT2D eigenvalue weighted by Gasteiger charge is 2.02. The van der Waals surface area contributed by atoms with Gasteiger partial charge in [-0.3, -0.25) is 0 Å². The molecule has 11 heavy (non-hydrogen) atoms. The van der Waals surface area contributed by atoms with Crippen LogP contribution in [0.5, 0.6) is 0 Å². The Labute approximate surface area is 67.0 Å². The monoisotopic (exact) mass is 160 g/mol. The number of urea groups is 1. The number of hydrogen-bond donors (Lipinski definition) is 3. The van der Waals surface area contributed by atoms with E-state index in [1.54, 1.807) is 6.92 Å². The smallest absolute Gasteiger partial charge is 0.315 e. The summed E-state index contributed by atoms with van der Waals surface area (Å²) in [5.41, 5.74) is 0. The summed E-state index contributed by atoms with van der Waals surface area (Å²) in [7, 11) is 0. The van der Waals surface area contributed by atoms with Gasteiger partial charge in [0.1, 0.15) is 0 Å². The summed E-state index contributed by atoms with van der Waals surface area (Å²) >= 11 is 0. The molecule has 0 aromatic carbocycles. The molecule has 66 valence electrons. The lowest BCUT2D eigenvalue weighted by atomic mass is 10.4. The Bertz CT molecular complexity index is 124. The maximum Gasteiger partial charge on any atom is 0.315 e. The van der Waals surface area contributed by atoms with Crippen LogP contribution in [0.1, 0.15) is 20.8 Å². The lowest BCUT2D eigenvalue weighted by Crippen LogP contribution is -2.42. The Kier molecular flexibility index (Phi) is 4.61. The van der Waals surface area contributed by atoms with Gasteiger partial charge in [-0.1, -0.05) is 0 Å². The third-order valence-corrected chi connectivity index (χ3v) is 0.978. The number of aliphatic hydroxyl groups excluding tert-OH is 1. The number of hydrogen-bond acceptors (Lipinski definition) is 2. The summed E-state index contributed by atoms with van der Waals surface area (Å²) in [6.07, 6.45) is -0.493. The van der Waals surface area contributed by atoms with Crippen molar-refractivity contribution in [2.45, 2.75) is 32.9 Å². The van der Waals surface area contributed by atoms with Crippen molar-refractivity contribution in [2.75, 3.05) is 6.54 Å². The Morgan fingerprint density at radius 3 is 2.36 bits per heavy atom. The van der Waals surface area contributed by atoms with Crippen LogP contribution >= 0.6 is 0 Å². The van der Waals surface area contributed by atoms with Crippen LogP contribution in [0.3, 0.4) is 0 Å². The molecule has 1 atom stereocenters. The van der Waals surface area contributed by atoms with Crippen molar-refractivity contribution in [1.82, 2.24) is 10.6 Å². The molecule has 3 N–H and O–H groups in total. The zero-order valence-electron chi connectivity index (χ0n) is 7.22. The third kappa shape index (κ3) is 7.12. The quantitative estimate of drug-likeness (QED) is 0.547. The standard InChI is InChI=1S/C7H16N2O2/c1-5(2)9-7(11)8-4-6(3)10/h5-6,10H,4H2,1-3H3,(H2,8,9,11). The molecule has 4 nitrogen and oxygen atoms in total. The fraction of sp³-hybridized carbons (Fsp3) is 0.857. The fourth-order valence-electron chi connectivity index (χ4n) is 0.554. The van der Waals surface area contributed by atoms with Crippen LogP contribution in [-0.2, 0) is 0 Å². The second-order valence-corrected chi connectivity index (χ2v) is 2.86. The van der Waals surface area contributed by atoms with Crippen molar-refractivity contribution >= 4 is 6.03 Å². The van der Waals surface area contributed by atoms with Gasteiger partial charge in [-0.05, 0) is 20.8 Å². The van der Waals surface area contributed by atoms with Crippen molar-refractivity contribution in [2.24, 2.45) is 0 Å². The molecule has 0 radical (unpaired) electrons. The number of rotatable bonds is 3. The molecule has 1 unspecified atom stereocenters. The number of aliphatic hydroxyl groups is 1. The Morgan fingerprint density at radius 2 is 2.00 bits per heavy atom. The van der Waals surface area contributed by atoms with Gasteiger partial charge in [-0.2, -0.15) is 0 Å². The van der Waals surface area contributed by atoms with Gasteiger partial charge in [0, 0.05) is 12.6 Å². The van der Waals surface area contributed by atoms with E-state index in [1.807, 2.05) is 13.8 Å². The second kappa shape index (κ2) is 4.96. The maximum atomic E-state index is 10.8. The van der Waals surface area contributed by atoms with E-state index in [0.29, 0.717) is 6.54 Å². The molecule has 0 aliphatic rings. The Morgan fingerprint density at radius 1 is 1.45 bits per heavy atom. The van der Waals surface area contributed by atoms with Gasteiger partial charge in [0.05, 0.1) is 6.10 Å². The zero-order chi connectivity index (χ0) is 8.85. The molecule has 0 rings (SSSR count). The van der Waals surface area contributed by atoms with Gasteiger partial charge in [0.25, 0.3) is 0 Å². The van der Waals surface area contributed by atoms with Crippen molar-refractivity contribution in [3.05, 3.63) is 0 Å². The summed E-state index contributed by atoms with van der Waals surface area (Å²) in [4.78, 5) is 10.8. The number of carbonyl (C=O) groups is 1. The Balaban J connectivity index is 3.38. The SMILES string of the molecule is CC(O)CNC(=O)NC(C)C. The van der Waals surface area contributed by atoms with Crippen molar-refractivity contribution < 1.29 is 9.90 Å². The molecule has 0 bridgehead atoms. The van der Waals surface area contributed by atoms with Gasteiger partial charge < -0.3 is 15.7 Å². The predicted octanol–water partition coefficient (Wildman–Crippen LogP) is 0.0748. The first-order chi connectivity index (χ1) is 5.02. The molecular formula is C7H16N2O2. The first kappa shape index (κ1) is 10.2. The summed E-state index contributed by atoms with van der Waals surface area (Å²) in [5.74, 6) is 0. The van der Waals surface area contributed by atoms with Crippen LogP contribution in [0.4, 0.5) is 4.79 Å². The number of amides is 2. The van der Waals surface area contributed by atoms with Gasteiger partial charge in [0.2, 0.25) is 0 Å². The van der Waals surface area contributed by atoms with E-state index in [2.05, 4.69) is 10.6 Å². The summed E-state index contributed by atoms with van der Waals surface area (Å²) in [5, 5.41) is 13.9. The molecular weight excluding hydrogens is 144 g/mol. The molecule has 0 fully saturated rings. The number of nitrogens with one attached hydrogen (secondary N) is 2. The fourth-order valence-corrected chi connectivity index (χ4v) is 0.554. The molecule has 0 heterocycles. The summed E-state index contributed by atoms with van der Waals surface area (Å²) in [6.45, 7) is 5.66. The molecule has 2 amide bonds. The normalized spacial score (nSPS) is 12.8. The van der Waals surface area contributed by atoms with E-state index < -0.39 is 6.10 Å². The first-order valence-corrected chi connectivity index (χ1v) is 3.74. The highest BCUT2D eigenvalue weighted by atomic mass is 16.3. The molecule has 0 aromatic heterocycles. The average Bonchev–Trinajstić information content (AvgIpc) is 1.82. The molecule has 0 aromatic rings. The minimum Gasteiger partial charge on any atom is -0.392 e. The molecule has 0 saturated heterocycles. The molecule has 0 saturated carbocycles. The van der Waals surface area contributed by atoms with E-state index in [9.17, 15) is 4.79 Å². The van der Waals surface area contributed by atoms with Crippen LogP contribution in [0.15, 0.2) is 0 Å². The minimum atomic E-state index is -0.493. The average molecular weight is 160 g/mol. The van der Waals surface area contributed by atoms with E-state index in [0.717, 1.165) is 0 Å². The van der Waals surface area contributed by atoms with Crippen molar-refractivity contribution in [3.63, 3.8) is 0 Å². The Hall–Kier alpha value is -0.770. The van der Waals surface area contributed by atoms with Gasteiger partial charge in [-0.15, -0.1) is 0 Å². The van der Waals surface area contributed by atoms with Crippen LogP contribution in [0, 0.1) is 0 Å². The highest BCUT2D eigenvalue weighted by Crippen LogP contribution is 1.78. The van der Waals surface area contributed by atoms with E-state index in [1.165, 1.54) is 0 Å². The summed E-state index contributed by atoms with van der Waals surface area (Å²) < 4.78 is 0. The van der Waals surface area contributed by atoms with Crippen LogP contribution < -0.4 is 10.6 Å². The molecule has 4 heteroatoms. The zero-order valence-corrected chi connectivity index (χ0v) is 7.22. The van der Waals surface area contributed by atoms with E-state index in [-0.39, 0.29) is 12.1 Å². The molecule has 0 aliphatic heterocycles. The minimum absolute atomic E-state index is 0.129. The van der Waals surface area contributed by atoms with Crippen molar-refractivity contribution in [1.29, 1.82) is 0 Å². The number of carbonyl (C=O) groups excluding carboxylic acids is 1. The van der Waals surface area contributed by atoms with E-state index >= 15 is 0 Å². The summed E-state index contributed by atoms with van der Waals surface area (Å²) in [6, 6.07) is -0.107. The topological polar surface area (TPSA) is 61.4 Å². The first-order valence-electron chi connectivity index (χ1n) is 3.74. The van der Waals surface area contributed by atoms with Gasteiger partial charge >= 0.3 is 6.03 Å². The van der Waals surface area contributed by atoms with Crippen LogP contribution in [-0.4, -0.2) is 29.8 Å². The van der Waals surface area contributed by atoms with E-state index in [4.69, 9.17) is 5.11 Å². The van der Waals surface area contributed by atoms with Crippen LogP contribution in [0.2, 0.25) is 0 Å².